The normalized spacial score (nSPS) is 10.4. The topological polar surface area (TPSA) is 43.4 Å². The molecule has 0 saturated carbocycles. The van der Waals surface area contributed by atoms with E-state index in [4.69, 9.17) is 27.9 Å². The van der Waals surface area contributed by atoms with Crippen LogP contribution in [0.5, 0.6) is 0 Å². The van der Waals surface area contributed by atoms with Crippen molar-refractivity contribution >= 4 is 35.0 Å². The molecule has 130 valence electrons. The van der Waals surface area contributed by atoms with E-state index < -0.39 is 5.97 Å². The van der Waals surface area contributed by atoms with Crippen molar-refractivity contribution in [2.24, 2.45) is 0 Å². The molecule has 0 saturated heterocycles. The minimum Gasteiger partial charge on any atom is -0.457 e. The first-order chi connectivity index (χ1) is 12.6. The van der Waals surface area contributed by atoms with Crippen molar-refractivity contribution in [1.29, 1.82) is 0 Å². The molecule has 26 heavy (non-hydrogen) atoms. The third kappa shape index (κ3) is 3.96. The van der Waals surface area contributed by atoms with Gasteiger partial charge in [0.15, 0.2) is 5.78 Å². The second kappa shape index (κ2) is 8.17. The van der Waals surface area contributed by atoms with Crippen LogP contribution in [0.1, 0.15) is 31.8 Å². The third-order valence-electron chi connectivity index (χ3n) is 3.84. The van der Waals surface area contributed by atoms with Crippen LogP contribution >= 0.6 is 23.2 Å². The lowest BCUT2D eigenvalue weighted by atomic mass is 9.98. The first-order valence-corrected chi connectivity index (χ1v) is 8.62. The number of rotatable bonds is 5. The Labute approximate surface area is 161 Å². The molecule has 0 amide bonds. The van der Waals surface area contributed by atoms with Crippen molar-refractivity contribution in [1.82, 2.24) is 0 Å². The van der Waals surface area contributed by atoms with Crippen molar-refractivity contribution < 1.29 is 14.3 Å². The maximum Gasteiger partial charge on any atom is 0.339 e. The Morgan fingerprint density at radius 3 is 1.96 bits per heavy atom. The number of carbonyl (C=O) groups is 2. The van der Waals surface area contributed by atoms with E-state index in [1.165, 1.54) is 0 Å². The summed E-state index contributed by atoms with van der Waals surface area (Å²) < 4.78 is 5.34. The highest BCUT2D eigenvalue weighted by molar-refractivity contribution is 6.36. The molecular weight excluding hydrogens is 371 g/mol. The number of ether oxygens (including phenoxy) is 1. The van der Waals surface area contributed by atoms with E-state index in [1.54, 1.807) is 66.7 Å². The molecule has 3 nitrogen and oxygen atoms in total. The van der Waals surface area contributed by atoms with Gasteiger partial charge in [0.25, 0.3) is 0 Å². The molecule has 0 aliphatic carbocycles. The molecule has 0 spiro atoms. The summed E-state index contributed by atoms with van der Waals surface area (Å²) in [5.74, 6) is -0.852. The maximum absolute atomic E-state index is 12.7. The zero-order valence-electron chi connectivity index (χ0n) is 13.6. The zero-order valence-corrected chi connectivity index (χ0v) is 15.1. The Bertz CT molecular complexity index is 932. The number of hydrogen-bond acceptors (Lipinski definition) is 3. The Balaban J connectivity index is 1.84. The molecule has 3 aromatic rings. The molecule has 0 aliphatic heterocycles. The van der Waals surface area contributed by atoms with Crippen LogP contribution in [0, 0.1) is 0 Å². The van der Waals surface area contributed by atoms with E-state index in [2.05, 4.69) is 0 Å². The third-order valence-corrected chi connectivity index (χ3v) is 4.55. The molecule has 5 heteroatoms. The Morgan fingerprint density at radius 1 is 0.731 bits per heavy atom. The van der Waals surface area contributed by atoms with Gasteiger partial charge in [0, 0.05) is 26.7 Å². The summed E-state index contributed by atoms with van der Waals surface area (Å²) in [6.07, 6.45) is 0. The van der Waals surface area contributed by atoms with E-state index in [0.717, 1.165) is 0 Å². The lowest BCUT2D eigenvalue weighted by Gasteiger charge is -2.11. The smallest absolute Gasteiger partial charge is 0.339 e. The van der Waals surface area contributed by atoms with Gasteiger partial charge in [-0.3, -0.25) is 4.79 Å². The van der Waals surface area contributed by atoms with Gasteiger partial charge in [-0.05, 0) is 18.2 Å². The van der Waals surface area contributed by atoms with E-state index >= 15 is 0 Å². The van der Waals surface area contributed by atoms with Crippen LogP contribution in [0.15, 0.2) is 72.8 Å². The van der Waals surface area contributed by atoms with Crippen LogP contribution in [0.4, 0.5) is 0 Å². The average molecular weight is 385 g/mol. The molecule has 0 fully saturated rings. The van der Waals surface area contributed by atoms with Crippen LogP contribution in [-0.2, 0) is 11.3 Å². The van der Waals surface area contributed by atoms with E-state index in [1.807, 2.05) is 6.07 Å². The lowest BCUT2D eigenvalue weighted by Crippen LogP contribution is -2.13. The fourth-order valence-electron chi connectivity index (χ4n) is 2.49. The largest absolute Gasteiger partial charge is 0.457 e. The second-order valence-corrected chi connectivity index (χ2v) is 6.33. The van der Waals surface area contributed by atoms with Gasteiger partial charge in [0.1, 0.15) is 6.61 Å². The molecule has 0 radical (unpaired) electrons. The number of halogens is 2. The lowest BCUT2D eigenvalue weighted by molar-refractivity contribution is 0.0470. The molecule has 0 heterocycles. The molecule has 0 atom stereocenters. The summed E-state index contributed by atoms with van der Waals surface area (Å²) in [5, 5.41) is 0.831. The van der Waals surface area contributed by atoms with E-state index in [9.17, 15) is 9.59 Å². The Morgan fingerprint density at radius 2 is 1.31 bits per heavy atom. The number of hydrogen-bond donors (Lipinski definition) is 0. The highest BCUT2D eigenvalue weighted by Gasteiger charge is 2.19. The molecule has 0 N–H and O–H groups in total. The summed E-state index contributed by atoms with van der Waals surface area (Å²) in [5.41, 5.74) is 1.51. The summed E-state index contributed by atoms with van der Waals surface area (Å²) in [4.78, 5) is 25.2. The SMILES string of the molecule is O=C(OCc1c(Cl)cccc1Cl)c1ccccc1C(=O)c1ccccc1. The van der Waals surface area contributed by atoms with Crippen LogP contribution in [-0.4, -0.2) is 11.8 Å². The van der Waals surface area contributed by atoms with Gasteiger partial charge in [-0.15, -0.1) is 0 Å². The van der Waals surface area contributed by atoms with Gasteiger partial charge in [0.2, 0.25) is 0 Å². The fourth-order valence-corrected chi connectivity index (χ4v) is 3.00. The quantitative estimate of drug-likeness (QED) is 0.425. The highest BCUT2D eigenvalue weighted by Crippen LogP contribution is 2.25. The van der Waals surface area contributed by atoms with E-state index in [-0.39, 0.29) is 23.5 Å². The highest BCUT2D eigenvalue weighted by atomic mass is 35.5. The molecule has 3 rings (SSSR count). The molecular formula is C21H14Cl2O3. The molecule has 3 aromatic carbocycles. The monoisotopic (exact) mass is 384 g/mol. The number of carbonyl (C=O) groups excluding carboxylic acids is 2. The molecule has 0 aliphatic rings. The van der Waals surface area contributed by atoms with Crippen LogP contribution in [0.3, 0.4) is 0 Å². The van der Waals surface area contributed by atoms with Gasteiger partial charge in [-0.2, -0.15) is 0 Å². The summed E-state index contributed by atoms with van der Waals surface area (Å²) in [7, 11) is 0. The first-order valence-electron chi connectivity index (χ1n) is 7.86. The van der Waals surface area contributed by atoms with Crippen molar-refractivity contribution in [2.75, 3.05) is 0 Å². The minimum atomic E-state index is -0.610. The Hall–Kier alpha value is -2.62. The van der Waals surface area contributed by atoms with E-state index in [0.29, 0.717) is 21.2 Å². The predicted octanol–water partition coefficient (Wildman–Crippen LogP) is 5.58. The van der Waals surface area contributed by atoms with Crippen molar-refractivity contribution in [3.05, 3.63) is 105 Å². The van der Waals surface area contributed by atoms with Crippen LogP contribution in [0.2, 0.25) is 10.0 Å². The number of ketones is 1. The van der Waals surface area contributed by atoms with Gasteiger partial charge in [-0.1, -0.05) is 77.8 Å². The van der Waals surface area contributed by atoms with Crippen LogP contribution < -0.4 is 0 Å². The first kappa shape index (κ1) is 18.2. The maximum atomic E-state index is 12.7. The standard InChI is InChI=1S/C21H14Cl2O3/c22-18-11-6-12-19(23)17(18)13-26-21(25)16-10-5-4-9-15(16)20(24)14-7-2-1-3-8-14/h1-12H,13H2. The van der Waals surface area contributed by atoms with Gasteiger partial charge in [0.05, 0.1) is 5.56 Å². The summed E-state index contributed by atoms with van der Waals surface area (Å²) in [6, 6.07) is 20.4. The zero-order chi connectivity index (χ0) is 18.5. The van der Waals surface area contributed by atoms with Crippen LogP contribution in [0.25, 0.3) is 0 Å². The minimum absolute atomic E-state index is 0.0782. The predicted molar refractivity (Wildman–Crippen MR) is 102 cm³/mol. The van der Waals surface area contributed by atoms with Crippen molar-refractivity contribution in [2.45, 2.75) is 6.61 Å². The molecule has 0 aromatic heterocycles. The number of esters is 1. The van der Waals surface area contributed by atoms with Gasteiger partial charge < -0.3 is 4.74 Å². The summed E-state index contributed by atoms with van der Waals surface area (Å²) in [6.45, 7) is -0.0782. The van der Waals surface area contributed by atoms with Crippen molar-refractivity contribution in [3.8, 4) is 0 Å². The molecule has 0 unspecified atom stereocenters. The van der Waals surface area contributed by atoms with Gasteiger partial charge >= 0.3 is 5.97 Å². The van der Waals surface area contributed by atoms with Gasteiger partial charge in [-0.25, -0.2) is 4.79 Å². The molecule has 0 bridgehead atoms. The Kier molecular flexibility index (Phi) is 5.71. The average Bonchev–Trinajstić information content (AvgIpc) is 2.67. The number of benzene rings is 3. The fraction of sp³-hybridized carbons (Fsp3) is 0.0476. The van der Waals surface area contributed by atoms with Crippen molar-refractivity contribution in [3.63, 3.8) is 0 Å². The summed E-state index contributed by atoms with van der Waals surface area (Å²) >= 11 is 12.2. The second-order valence-electron chi connectivity index (χ2n) is 5.52.